The van der Waals surface area contributed by atoms with E-state index in [2.05, 4.69) is 43.3 Å². The van der Waals surface area contributed by atoms with Gasteiger partial charge < -0.3 is 9.30 Å². The molecule has 0 radical (unpaired) electrons. The van der Waals surface area contributed by atoms with Crippen molar-refractivity contribution in [2.75, 3.05) is 7.11 Å². The van der Waals surface area contributed by atoms with Gasteiger partial charge in [0.2, 0.25) is 0 Å². The minimum atomic E-state index is -0.113. The number of aryl methyl sites for hydroxylation is 1. The van der Waals surface area contributed by atoms with Crippen molar-refractivity contribution < 1.29 is 4.74 Å². The number of hydrogen-bond donors (Lipinski definition) is 0. The van der Waals surface area contributed by atoms with E-state index in [1.165, 1.54) is 23.8 Å². The molecule has 0 aliphatic heterocycles. The molecule has 1 aromatic heterocycles. The Labute approximate surface area is 135 Å². The Hall–Kier alpha value is -2.81. The van der Waals surface area contributed by atoms with Crippen LogP contribution in [0.3, 0.4) is 0 Å². The smallest absolute Gasteiger partial charge is 0.293 e. The van der Waals surface area contributed by atoms with Gasteiger partial charge in [-0.3, -0.25) is 4.79 Å². The highest BCUT2D eigenvalue weighted by Crippen LogP contribution is 2.23. The van der Waals surface area contributed by atoms with Crippen molar-refractivity contribution in [1.82, 2.24) is 4.57 Å². The van der Waals surface area contributed by atoms with Crippen molar-refractivity contribution in [2.45, 2.75) is 13.5 Å². The van der Waals surface area contributed by atoms with Gasteiger partial charge in [0.15, 0.2) is 5.75 Å². The number of pyridine rings is 1. The zero-order valence-electron chi connectivity index (χ0n) is 13.3. The molecule has 2 aromatic carbocycles. The second-order valence-corrected chi connectivity index (χ2v) is 5.52. The molecule has 3 aromatic rings. The third-order valence-electron chi connectivity index (χ3n) is 3.97. The summed E-state index contributed by atoms with van der Waals surface area (Å²) in [6.07, 6.45) is 1.78. The predicted molar refractivity (Wildman–Crippen MR) is 93.0 cm³/mol. The number of nitrogens with zero attached hydrogens (tertiary/aromatic N) is 1. The van der Waals surface area contributed by atoms with Crippen molar-refractivity contribution in [3.8, 4) is 16.9 Å². The second kappa shape index (κ2) is 6.53. The first kappa shape index (κ1) is 15.1. The second-order valence-electron chi connectivity index (χ2n) is 5.52. The Morgan fingerprint density at radius 3 is 2.39 bits per heavy atom. The van der Waals surface area contributed by atoms with Gasteiger partial charge in [-0.2, -0.15) is 0 Å². The van der Waals surface area contributed by atoms with Crippen LogP contribution in [0.1, 0.15) is 11.1 Å². The van der Waals surface area contributed by atoms with E-state index in [1.807, 2.05) is 18.2 Å². The lowest BCUT2D eigenvalue weighted by molar-refractivity contribution is 0.403. The van der Waals surface area contributed by atoms with Crippen LogP contribution in [-0.4, -0.2) is 11.7 Å². The molecule has 0 saturated carbocycles. The molecule has 0 amide bonds. The summed E-state index contributed by atoms with van der Waals surface area (Å²) in [7, 11) is 1.51. The van der Waals surface area contributed by atoms with Gasteiger partial charge >= 0.3 is 0 Å². The minimum Gasteiger partial charge on any atom is -0.491 e. The van der Waals surface area contributed by atoms with E-state index in [0.29, 0.717) is 12.3 Å². The van der Waals surface area contributed by atoms with Gasteiger partial charge in [-0.05, 0) is 41.3 Å². The Morgan fingerprint density at radius 2 is 1.70 bits per heavy atom. The average Bonchev–Trinajstić information content (AvgIpc) is 2.58. The standard InChI is InChI=1S/C20H19NO2/c1-15-6-3-4-7-18(15)17-11-9-16(10-12-17)14-21-13-5-8-19(23-2)20(21)22/h3-13H,14H2,1-2H3. The summed E-state index contributed by atoms with van der Waals surface area (Å²) in [5, 5.41) is 0. The quantitative estimate of drug-likeness (QED) is 0.732. The molecular formula is C20H19NO2. The molecule has 1 heterocycles. The van der Waals surface area contributed by atoms with Crippen molar-refractivity contribution in [1.29, 1.82) is 0 Å². The molecule has 0 atom stereocenters. The number of benzene rings is 2. The number of rotatable bonds is 4. The van der Waals surface area contributed by atoms with E-state index >= 15 is 0 Å². The van der Waals surface area contributed by atoms with Crippen molar-refractivity contribution in [2.24, 2.45) is 0 Å². The van der Waals surface area contributed by atoms with E-state index in [9.17, 15) is 4.79 Å². The highest BCUT2D eigenvalue weighted by molar-refractivity contribution is 5.67. The van der Waals surface area contributed by atoms with Crippen LogP contribution in [0.25, 0.3) is 11.1 Å². The maximum Gasteiger partial charge on any atom is 0.293 e. The highest BCUT2D eigenvalue weighted by Gasteiger charge is 2.05. The van der Waals surface area contributed by atoms with Gasteiger partial charge in [-0.25, -0.2) is 0 Å². The fraction of sp³-hybridized carbons (Fsp3) is 0.150. The van der Waals surface area contributed by atoms with Crippen LogP contribution in [0, 0.1) is 6.92 Å². The van der Waals surface area contributed by atoms with Gasteiger partial charge in [0.1, 0.15) is 0 Å². The third kappa shape index (κ3) is 3.19. The van der Waals surface area contributed by atoms with Crippen LogP contribution in [0.2, 0.25) is 0 Å². The van der Waals surface area contributed by atoms with E-state index in [1.54, 1.807) is 16.8 Å². The number of aromatic nitrogens is 1. The van der Waals surface area contributed by atoms with Crippen LogP contribution in [0.4, 0.5) is 0 Å². The first-order valence-electron chi connectivity index (χ1n) is 7.57. The summed E-state index contributed by atoms with van der Waals surface area (Å²) < 4.78 is 6.73. The third-order valence-corrected chi connectivity index (χ3v) is 3.97. The molecular weight excluding hydrogens is 286 g/mol. The lowest BCUT2D eigenvalue weighted by atomic mass is 10.00. The lowest BCUT2D eigenvalue weighted by Gasteiger charge is -2.09. The fourth-order valence-electron chi connectivity index (χ4n) is 2.68. The molecule has 0 bridgehead atoms. The fourth-order valence-corrected chi connectivity index (χ4v) is 2.68. The summed E-state index contributed by atoms with van der Waals surface area (Å²) in [4.78, 5) is 12.2. The Balaban J connectivity index is 1.86. The largest absolute Gasteiger partial charge is 0.491 e. The van der Waals surface area contributed by atoms with Gasteiger partial charge in [0.05, 0.1) is 13.7 Å². The molecule has 3 heteroatoms. The van der Waals surface area contributed by atoms with Crippen LogP contribution in [0.5, 0.6) is 5.75 Å². The number of hydrogen-bond acceptors (Lipinski definition) is 2. The summed E-state index contributed by atoms with van der Waals surface area (Å²) in [5.41, 5.74) is 4.64. The molecule has 3 nitrogen and oxygen atoms in total. The van der Waals surface area contributed by atoms with E-state index < -0.39 is 0 Å². The molecule has 0 saturated heterocycles. The van der Waals surface area contributed by atoms with Crippen LogP contribution in [-0.2, 0) is 6.54 Å². The summed E-state index contributed by atoms with van der Waals surface area (Å²) in [6, 6.07) is 20.2. The molecule has 116 valence electrons. The predicted octanol–water partition coefficient (Wildman–Crippen LogP) is 3.88. The maximum atomic E-state index is 12.2. The van der Waals surface area contributed by atoms with Gasteiger partial charge in [0, 0.05) is 6.20 Å². The van der Waals surface area contributed by atoms with E-state index in [4.69, 9.17) is 4.74 Å². The highest BCUT2D eigenvalue weighted by atomic mass is 16.5. The zero-order valence-corrected chi connectivity index (χ0v) is 13.3. The molecule has 0 fully saturated rings. The van der Waals surface area contributed by atoms with E-state index in [0.717, 1.165) is 5.56 Å². The SMILES string of the molecule is COc1cccn(Cc2ccc(-c3ccccc3C)cc2)c1=O. The maximum absolute atomic E-state index is 12.2. The zero-order chi connectivity index (χ0) is 16.2. The van der Waals surface area contributed by atoms with Crippen LogP contribution in [0.15, 0.2) is 71.7 Å². The molecule has 0 spiro atoms. The summed E-state index contributed by atoms with van der Waals surface area (Å²) in [5.74, 6) is 0.365. The summed E-state index contributed by atoms with van der Waals surface area (Å²) in [6.45, 7) is 2.64. The van der Waals surface area contributed by atoms with Gasteiger partial charge in [-0.1, -0.05) is 48.5 Å². The van der Waals surface area contributed by atoms with E-state index in [-0.39, 0.29) is 5.56 Å². The lowest BCUT2D eigenvalue weighted by Crippen LogP contribution is -2.20. The number of methoxy groups -OCH3 is 1. The molecule has 0 aliphatic rings. The first-order valence-corrected chi connectivity index (χ1v) is 7.57. The van der Waals surface area contributed by atoms with Gasteiger partial charge in [0.25, 0.3) is 5.56 Å². The number of ether oxygens (including phenoxy) is 1. The molecule has 0 unspecified atom stereocenters. The van der Waals surface area contributed by atoms with Gasteiger partial charge in [-0.15, -0.1) is 0 Å². The Kier molecular flexibility index (Phi) is 4.29. The van der Waals surface area contributed by atoms with Crippen molar-refractivity contribution in [3.63, 3.8) is 0 Å². The Bertz CT molecular complexity index is 863. The molecule has 23 heavy (non-hydrogen) atoms. The topological polar surface area (TPSA) is 31.2 Å². The monoisotopic (exact) mass is 305 g/mol. The molecule has 0 aliphatic carbocycles. The molecule has 3 rings (SSSR count). The molecule has 0 N–H and O–H groups in total. The summed E-state index contributed by atoms with van der Waals surface area (Å²) >= 11 is 0. The van der Waals surface area contributed by atoms with Crippen molar-refractivity contribution >= 4 is 0 Å². The Morgan fingerprint density at radius 1 is 0.957 bits per heavy atom. The average molecular weight is 305 g/mol. The van der Waals surface area contributed by atoms with Crippen LogP contribution >= 0.6 is 0 Å². The van der Waals surface area contributed by atoms with Crippen molar-refractivity contribution in [3.05, 3.63) is 88.3 Å². The minimum absolute atomic E-state index is 0.113. The van der Waals surface area contributed by atoms with Crippen LogP contribution < -0.4 is 10.3 Å². The first-order chi connectivity index (χ1) is 11.2. The normalized spacial score (nSPS) is 10.5.